The lowest BCUT2D eigenvalue weighted by atomic mass is 9.81. The normalized spacial score (nSPS) is 23.6. The van der Waals surface area contributed by atoms with Crippen LogP contribution < -0.4 is 4.74 Å². The fraction of sp³-hybridized carbons (Fsp3) is 0.467. The van der Waals surface area contributed by atoms with Crippen LogP contribution in [0.5, 0.6) is 11.5 Å². The Morgan fingerprint density at radius 2 is 1.85 bits per heavy atom. The second-order valence-corrected chi connectivity index (χ2v) is 11.3. The first-order chi connectivity index (χ1) is 19.3. The zero-order valence-corrected chi connectivity index (χ0v) is 23.4. The van der Waals surface area contributed by atoms with Crippen LogP contribution in [0.1, 0.15) is 29.8 Å². The molecule has 3 aliphatic rings. The van der Waals surface area contributed by atoms with Gasteiger partial charge in [0.25, 0.3) is 5.91 Å². The number of ether oxygens (including phenoxy) is 2. The predicted molar refractivity (Wildman–Crippen MR) is 151 cm³/mol. The minimum atomic E-state index is -1.07. The van der Waals surface area contributed by atoms with Crippen molar-refractivity contribution in [2.24, 2.45) is 0 Å². The summed E-state index contributed by atoms with van der Waals surface area (Å²) in [7, 11) is 3.75. The van der Waals surface area contributed by atoms with Gasteiger partial charge in [-0.15, -0.1) is 0 Å². The van der Waals surface area contributed by atoms with E-state index >= 15 is 0 Å². The first-order valence-electron chi connectivity index (χ1n) is 13.9. The average Bonchev–Trinajstić information content (AvgIpc) is 3.38. The Balaban J connectivity index is 1.38. The Morgan fingerprint density at radius 3 is 2.60 bits per heavy atom. The van der Waals surface area contributed by atoms with E-state index in [1.54, 1.807) is 30.2 Å². The van der Waals surface area contributed by atoms with Gasteiger partial charge in [-0.3, -0.25) is 19.5 Å². The zero-order chi connectivity index (χ0) is 28.0. The fourth-order valence-corrected chi connectivity index (χ4v) is 6.38. The molecule has 0 bridgehead atoms. The summed E-state index contributed by atoms with van der Waals surface area (Å²) in [5, 5.41) is 11.3. The SMILES string of the molecule is COCCOc1ccc2[nH]c3c(c2c1)CC1(C)C(=O)N(CCN2CCN(C)CC2)C(=O)N1C3c1cccc(O)c1. The molecular formula is C30H37N5O5. The molecule has 2 aromatic carbocycles. The van der Waals surface area contributed by atoms with Gasteiger partial charge in [0.15, 0.2) is 0 Å². The van der Waals surface area contributed by atoms with E-state index in [4.69, 9.17) is 9.47 Å². The number of methoxy groups -OCH3 is 1. The number of hydrogen-bond acceptors (Lipinski definition) is 7. The number of nitrogens with one attached hydrogen (secondary N) is 1. The number of aromatic amines is 1. The lowest BCUT2D eigenvalue weighted by Gasteiger charge is -2.42. The number of fused-ring (bicyclic) bond motifs is 4. The maximum Gasteiger partial charge on any atom is 0.328 e. The van der Waals surface area contributed by atoms with Crippen molar-refractivity contribution in [2.45, 2.75) is 24.9 Å². The number of phenols is 1. The standard InChI is InChI=1S/C30H37N5O5/c1-30-19-24-23-18-22(40-16-15-39-3)7-8-25(23)31-26(24)27(20-5-4-6-21(36)17-20)35(30)29(38)34(28(30)37)14-13-33-11-9-32(2)10-12-33/h4-8,17-18,27,31,36H,9-16,19H2,1-3H3. The van der Waals surface area contributed by atoms with E-state index < -0.39 is 11.6 Å². The number of nitrogens with zero attached hydrogens (tertiary/aromatic N) is 4. The number of aromatic nitrogens is 1. The lowest BCUT2D eigenvalue weighted by molar-refractivity contribution is -0.133. The molecule has 0 saturated carbocycles. The highest BCUT2D eigenvalue weighted by Gasteiger charge is 2.60. The van der Waals surface area contributed by atoms with Crippen molar-refractivity contribution in [3.8, 4) is 11.5 Å². The Bertz CT molecular complexity index is 1430. The van der Waals surface area contributed by atoms with E-state index in [-0.39, 0.29) is 17.7 Å². The number of carbonyl (C=O) groups excluding carboxylic acids is 2. The van der Waals surface area contributed by atoms with Crippen molar-refractivity contribution in [2.75, 3.05) is 66.6 Å². The van der Waals surface area contributed by atoms with Crippen LogP contribution in [0, 0.1) is 0 Å². The number of carbonyl (C=O) groups is 2. The maximum absolute atomic E-state index is 14.1. The van der Waals surface area contributed by atoms with Crippen LogP contribution in [0.3, 0.4) is 0 Å². The van der Waals surface area contributed by atoms with E-state index in [0.29, 0.717) is 32.7 Å². The van der Waals surface area contributed by atoms with Gasteiger partial charge >= 0.3 is 6.03 Å². The van der Waals surface area contributed by atoms with Crippen molar-refractivity contribution in [1.29, 1.82) is 0 Å². The Morgan fingerprint density at radius 1 is 1.05 bits per heavy atom. The molecule has 1 aromatic heterocycles. The van der Waals surface area contributed by atoms with E-state index in [9.17, 15) is 14.7 Å². The van der Waals surface area contributed by atoms with Crippen molar-refractivity contribution in [3.05, 3.63) is 59.3 Å². The molecule has 2 fully saturated rings. The number of piperazine rings is 1. The fourth-order valence-electron chi connectivity index (χ4n) is 6.38. The summed E-state index contributed by atoms with van der Waals surface area (Å²) in [6.07, 6.45) is 0.384. The van der Waals surface area contributed by atoms with Crippen LogP contribution in [0.15, 0.2) is 42.5 Å². The zero-order valence-electron chi connectivity index (χ0n) is 23.4. The molecule has 2 saturated heterocycles. The number of aromatic hydroxyl groups is 1. The summed E-state index contributed by atoms with van der Waals surface area (Å²) in [5.41, 5.74) is 2.43. The molecule has 0 radical (unpaired) electrons. The van der Waals surface area contributed by atoms with Gasteiger partial charge in [-0.2, -0.15) is 0 Å². The van der Waals surface area contributed by atoms with Gasteiger partial charge in [0, 0.05) is 69.4 Å². The molecule has 0 spiro atoms. The Hall–Kier alpha value is -3.60. The molecule has 4 heterocycles. The first kappa shape index (κ1) is 26.6. The average molecular weight is 548 g/mol. The predicted octanol–water partition coefficient (Wildman–Crippen LogP) is 2.81. The number of hydrogen-bond donors (Lipinski definition) is 2. The molecule has 212 valence electrons. The lowest BCUT2D eigenvalue weighted by Crippen LogP contribution is -2.53. The second-order valence-electron chi connectivity index (χ2n) is 11.3. The highest BCUT2D eigenvalue weighted by Crippen LogP contribution is 2.49. The van der Waals surface area contributed by atoms with Gasteiger partial charge in [0.2, 0.25) is 0 Å². The van der Waals surface area contributed by atoms with Crippen molar-refractivity contribution < 1.29 is 24.2 Å². The molecule has 10 nitrogen and oxygen atoms in total. The highest BCUT2D eigenvalue weighted by molar-refractivity contribution is 6.08. The van der Waals surface area contributed by atoms with E-state index in [0.717, 1.165) is 59.7 Å². The molecule has 3 aliphatic heterocycles. The van der Waals surface area contributed by atoms with Crippen LogP contribution >= 0.6 is 0 Å². The van der Waals surface area contributed by atoms with Crippen LogP contribution in [-0.4, -0.2) is 114 Å². The number of amides is 3. The van der Waals surface area contributed by atoms with Gasteiger partial charge in [0.1, 0.15) is 29.7 Å². The van der Waals surface area contributed by atoms with Gasteiger partial charge in [0.05, 0.1) is 6.61 Å². The molecular weight excluding hydrogens is 510 g/mol. The van der Waals surface area contributed by atoms with E-state index in [2.05, 4.69) is 21.8 Å². The Kier molecular flexibility index (Phi) is 6.93. The number of rotatable bonds is 8. The highest BCUT2D eigenvalue weighted by atomic mass is 16.5. The van der Waals surface area contributed by atoms with Crippen LogP contribution in [0.2, 0.25) is 0 Å². The molecule has 3 aromatic rings. The summed E-state index contributed by atoms with van der Waals surface area (Å²) < 4.78 is 11.0. The Labute approximate surface area is 234 Å². The summed E-state index contributed by atoms with van der Waals surface area (Å²) in [4.78, 5) is 39.5. The summed E-state index contributed by atoms with van der Waals surface area (Å²) in [5.74, 6) is 0.654. The largest absolute Gasteiger partial charge is 0.508 e. The van der Waals surface area contributed by atoms with Crippen LogP contribution in [-0.2, 0) is 16.0 Å². The van der Waals surface area contributed by atoms with Crippen LogP contribution in [0.25, 0.3) is 10.9 Å². The second kappa shape index (κ2) is 10.4. The summed E-state index contributed by atoms with van der Waals surface area (Å²) in [6.45, 7) is 7.59. The smallest absolute Gasteiger partial charge is 0.328 e. The van der Waals surface area contributed by atoms with Crippen molar-refractivity contribution in [1.82, 2.24) is 24.6 Å². The van der Waals surface area contributed by atoms with Gasteiger partial charge in [-0.1, -0.05) is 12.1 Å². The van der Waals surface area contributed by atoms with Gasteiger partial charge in [-0.05, 0) is 55.4 Å². The van der Waals surface area contributed by atoms with E-state index in [1.165, 1.54) is 4.90 Å². The number of likely N-dealkylation sites (N-methyl/N-ethyl adjacent to an activating group) is 1. The quantitative estimate of drug-likeness (QED) is 0.330. The third kappa shape index (κ3) is 4.49. The van der Waals surface area contributed by atoms with Crippen molar-refractivity contribution in [3.63, 3.8) is 0 Å². The first-order valence-corrected chi connectivity index (χ1v) is 13.9. The number of phenolic OH excluding ortho intramolecular Hbond substituents is 1. The minimum Gasteiger partial charge on any atom is -0.508 e. The number of urea groups is 1. The number of imide groups is 1. The van der Waals surface area contributed by atoms with E-state index in [1.807, 2.05) is 31.2 Å². The molecule has 10 heteroatoms. The number of H-pyrrole nitrogens is 1. The van der Waals surface area contributed by atoms with Gasteiger partial charge < -0.3 is 24.5 Å². The van der Waals surface area contributed by atoms with Gasteiger partial charge in [-0.25, -0.2) is 4.79 Å². The molecule has 3 amide bonds. The monoisotopic (exact) mass is 547 g/mol. The molecule has 2 N–H and O–H groups in total. The molecule has 6 rings (SSSR count). The number of benzene rings is 2. The molecule has 2 atom stereocenters. The molecule has 2 unspecified atom stereocenters. The third-order valence-electron chi connectivity index (χ3n) is 8.62. The molecule has 40 heavy (non-hydrogen) atoms. The van der Waals surface area contributed by atoms with Crippen LogP contribution in [0.4, 0.5) is 4.79 Å². The topological polar surface area (TPSA) is 102 Å². The third-order valence-corrected chi connectivity index (χ3v) is 8.62. The summed E-state index contributed by atoms with van der Waals surface area (Å²) in [6, 6.07) is 12.0. The molecule has 0 aliphatic carbocycles. The maximum atomic E-state index is 14.1. The minimum absolute atomic E-state index is 0.112. The van der Waals surface area contributed by atoms with Crippen molar-refractivity contribution >= 4 is 22.8 Å². The summed E-state index contributed by atoms with van der Waals surface area (Å²) >= 11 is 0.